The number of halogens is 1. The molecule has 3 aromatic rings. The molecule has 0 fully saturated rings. The molecule has 7 nitrogen and oxygen atoms in total. The molecule has 0 aliphatic heterocycles. The van der Waals surface area contributed by atoms with Gasteiger partial charge in [-0.3, -0.25) is 9.89 Å². The Kier molecular flexibility index (Phi) is 4.20. The second-order valence-electron chi connectivity index (χ2n) is 4.87. The van der Waals surface area contributed by atoms with Gasteiger partial charge in [-0.05, 0) is 30.3 Å². The van der Waals surface area contributed by atoms with Crippen LogP contribution >= 0.6 is 11.6 Å². The predicted molar refractivity (Wildman–Crippen MR) is 90.0 cm³/mol. The van der Waals surface area contributed by atoms with Crippen LogP contribution in [-0.2, 0) is 6.54 Å². The van der Waals surface area contributed by atoms with E-state index in [1.54, 1.807) is 18.2 Å². The van der Waals surface area contributed by atoms with Gasteiger partial charge in [0.25, 0.3) is 5.91 Å². The minimum atomic E-state index is -0.586. The second-order valence-corrected chi connectivity index (χ2v) is 5.31. The minimum Gasteiger partial charge on any atom is -0.365 e. The molecule has 118 valence electrons. The van der Waals surface area contributed by atoms with Gasteiger partial charge in [0.2, 0.25) is 0 Å². The number of rotatable bonds is 6. The molecule has 0 atom stereocenters. The number of hydrogen-bond donors (Lipinski definition) is 5. The van der Waals surface area contributed by atoms with E-state index >= 15 is 0 Å². The lowest BCUT2D eigenvalue weighted by Gasteiger charge is -2.07. The largest absolute Gasteiger partial charge is 0.365 e. The number of carbonyl (C=O) groups is 1. The fraction of sp³-hybridized carbons (Fsp3) is 0.0667. The monoisotopic (exact) mass is 330 g/mol. The number of nitrogens with zero attached hydrogens (tertiary/aromatic N) is 1. The summed E-state index contributed by atoms with van der Waals surface area (Å²) in [4.78, 5) is 14.8. The number of benzene rings is 1. The summed E-state index contributed by atoms with van der Waals surface area (Å²) in [7, 11) is 0. The van der Waals surface area contributed by atoms with Crippen molar-refractivity contribution in [2.45, 2.75) is 6.54 Å². The van der Waals surface area contributed by atoms with Crippen LogP contribution in [0.15, 0.2) is 42.6 Å². The molecular weight excluding hydrogens is 316 g/mol. The Balaban J connectivity index is 1.82. The van der Waals surface area contributed by atoms with Crippen molar-refractivity contribution in [1.82, 2.24) is 15.2 Å². The Morgan fingerprint density at radius 1 is 1.30 bits per heavy atom. The van der Waals surface area contributed by atoms with E-state index < -0.39 is 5.91 Å². The quantitative estimate of drug-likeness (QED) is 0.478. The van der Waals surface area contributed by atoms with E-state index in [2.05, 4.69) is 25.8 Å². The van der Waals surface area contributed by atoms with Gasteiger partial charge in [0.15, 0.2) is 5.82 Å². The lowest BCUT2D eigenvalue weighted by Crippen LogP contribution is -2.15. The fourth-order valence-corrected chi connectivity index (χ4v) is 2.36. The minimum absolute atomic E-state index is 0.261. The molecule has 0 saturated heterocycles. The van der Waals surface area contributed by atoms with Gasteiger partial charge in [-0.15, -0.1) is 0 Å². The van der Waals surface area contributed by atoms with E-state index in [9.17, 15) is 4.79 Å². The highest BCUT2D eigenvalue weighted by molar-refractivity contribution is 6.30. The lowest BCUT2D eigenvalue weighted by molar-refractivity contribution is 0.100. The Hall–Kier alpha value is -2.93. The van der Waals surface area contributed by atoms with Crippen molar-refractivity contribution in [3.05, 3.63) is 58.9 Å². The van der Waals surface area contributed by atoms with Gasteiger partial charge in [0.05, 0.1) is 6.54 Å². The first kappa shape index (κ1) is 15.0. The molecule has 0 spiro atoms. The molecule has 1 aromatic carbocycles. The first-order valence-electron chi connectivity index (χ1n) is 6.90. The number of nitrogens with one attached hydrogen (secondary N) is 4. The Morgan fingerprint density at radius 3 is 2.87 bits per heavy atom. The number of aromatic nitrogens is 3. The molecule has 0 aliphatic carbocycles. The third kappa shape index (κ3) is 3.46. The van der Waals surface area contributed by atoms with Gasteiger partial charge in [-0.2, -0.15) is 5.10 Å². The Bertz CT molecular complexity index is 811. The SMILES string of the molecule is NC(=O)c1c(NCc2ccc[nH]2)n[nH]c1Nc1cccc(Cl)c1. The highest BCUT2D eigenvalue weighted by Gasteiger charge is 2.18. The average molecular weight is 331 g/mol. The zero-order chi connectivity index (χ0) is 16.2. The number of nitrogens with two attached hydrogens (primary N) is 1. The molecule has 0 radical (unpaired) electrons. The number of anilines is 3. The molecule has 3 rings (SSSR count). The summed E-state index contributed by atoms with van der Waals surface area (Å²) in [5, 5.41) is 13.6. The van der Waals surface area contributed by atoms with E-state index in [0.29, 0.717) is 23.2 Å². The summed E-state index contributed by atoms with van der Waals surface area (Å²) in [6.07, 6.45) is 1.82. The Morgan fingerprint density at radius 2 is 2.17 bits per heavy atom. The van der Waals surface area contributed by atoms with Crippen LogP contribution in [0, 0.1) is 0 Å². The van der Waals surface area contributed by atoms with Gasteiger partial charge in [-0.25, -0.2) is 0 Å². The summed E-state index contributed by atoms with van der Waals surface area (Å²) in [5.41, 5.74) is 7.43. The number of primary amides is 1. The molecule has 0 bridgehead atoms. The fourth-order valence-electron chi connectivity index (χ4n) is 2.17. The van der Waals surface area contributed by atoms with Gasteiger partial charge in [0, 0.05) is 22.6 Å². The number of H-pyrrole nitrogens is 2. The van der Waals surface area contributed by atoms with Crippen molar-refractivity contribution < 1.29 is 4.79 Å². The van der Waals surface area contributed by atoms with Crippen LogP contribution in [0.2, 0.25) is 5.02 Å². The van der Waals surface area contributed by atoms with Crippen molar-refractivity contribution in [2.24, 2.45) is 5.73 Å². The summed E-state index contributed by atoms with van der Waals surface area (Å²) < 4.78 is 0. The van der Waals surface area contributed by atoms with Crippen LogP contribution in [0.25, 0.3) is 0 Å². The molecule has 8 heteroatoms. The molecular formula is C15H15ClN6O. The number of amides is 1. The highest BCUT2D eigenvalue weighted by atomic mass is 35.5. The number of aromatic amines is 2. The van der Waals surface area contributed by atoms with Crippen LogP contribution in [0.5, 0.6) is 0 Å². The van der Waals surface area contributed by atoms with Crippen molar-refractivity contribution in [3.8, 4) is 0 Å². The zero-order valence-corrected chi connectivity index (χ0v) is 12.8. The maximum absolute atomic E-state index is 11.8. The first-order valence-corrected chi connectivity index (χ1v) is 7.28. The molecule has 2 heterocycles. The van der Waals surface area contributed by atoms with E-state index in [1.807, 2.05) is 24.4 Å². The summed E-state index contributed by atoms with van der Waals surface area (Å²) in [6, 6.07) is 10.9. The van der Waals surface area contributed by atoms with Gasteiger partial charge in [-0.1, -0.05) is 17.7 Å². The number of hydrogen-bond acceptors (Lipinski definition) is 4. The van der Waals surface area contributed by atoms with Gasteiger partial charge < -0.3 is 21.4 Å². The van der Waals surface area contributed by atoms with Crippen LogP contribution in [-0.4, -0.2) is 21.1 Å². The van der Waals surface area contributed by atoms with Crippen LogP contribution in [0.4, 0.5) is 17.3 Å². The maximum atomic E-state index is 11.8. The molecule has 2 aromatic heterocycles. The van der Waals surface area contributed by atoms with Crippen LogP contribution in [0.1, 0.15) is 16.1 Å². The Labute approximate surface area is 137 Å². The molecule has 23 heavy (non-hydrogen) atoms. The third-order valence-electron chi connectivity index (χ3n) is 3.22. The second kappa shape index (κ2) is 6.45. The average Bonchev–Trinajstić information content (AvgIpc) is 3.14. The van der Waals surface area contributed by atoms with Crippen molar-refractivity contribution in [1.29, 1.82) is 0 Å². The highest BCUT2D eigenvalue weighted by Crippen LogP contribution is 2.25. The molecule has 0 unspecified atom stereocenters. The van der Waals surface area contributed by atoms with Gasteiger partial charge >= 0.3 is 0 Å². The third-order valence-corrected chi connectivity index (χ3v) is 3.45. The number of carbonyl (C=O) groups excluding carboxylic acids is 1. The summed E-state index contributed by atoms with van der Waals surface area (Å²) in [5.74, 6) is 0.211. The van der Waals surface area contributed by atoms with Crippen molar-refractivity contribution in [2.75, 3.05) is 10.6 Å². The van der Waals surface area contributed by atoms with Crippen molar-refractivity contribution in [3.63, 3.8) is 0 Å². The smallest absolute Gasteiger partial charge is 0.256 e. The van der Waals surface area contributed by atoms with E-state index in [4.69, 9.17) is 17.3 Å². The van der Waals surface area contributed by atoms with Crippen LogP contribution in [0.3, 0.4) is 0 Å². The lowest BCUT2D eigenvalue weighted by atomic mass is 10.2. The van der Waals surface area contributed by atoms with Crippen LogP contribution < -0.4 is 16.4 Å². The van der Waals surface area contributed by atoms with Crippen molar-refractivity contribution >= 4 is 34.8 Å². The normalized spacial score (nSPS) is 10.5. The standard InChI is InChI=1S/C15H15ClN6O/c16-9-3-1-4-10(7-9)20-15-12(13(17)23)14(21-22-15)19-8-11-5-2-6-18-11/h1-7,18H,8H2,(H2,17,23)(H3,19,20,21,22). The molecule has 1 amide bonds. The molecule has 6 N–H and O–H groups in total. The van der Waals surface area contributed by atoms with Gasteiger partial charge in [0.1, 0.15) is 11.4 Å². The zero-order valence-electron chi connectivity index (χ0n) is 12.1. The first-order chi connectivity index (χ1) is 11.1. The summed E-state index contributed by atoms with van der Waals surface area (Å²) >= 11 is 5.95. The van der Waals surface area contributed by atoms with E-state index in [1.165, 1.54) is 0 Å². The van der Waals surface area contributed by atoms with E-state index in [-0.39, 0.29) is 5.56 Å². The predicted octanol–water partition coefficient (Wildman–Crippen LogP) is 2.85. The molecule has 0 saturated carbocycles. The maximum Gasteiger partial charge on any atom is 0.256 e. The molecule has 0 aliphatic rings. The van der Waals surface area contributed by atoms with E-state index in [0.717, 1.165) is 11.4 Å². The summed E-state index contributed by atoms with van der Waals surface area (Å²) in [6.45, 7) is 0.495. The topological polar surface area (TPSA) is 112 Å².